The number of aryl methyl sites for hydroxylation is 1. The zero-order valence-corrected chi connectivity index (χ0v) is 11.7. The summed E-state index contributed by atoms with van der Waals surface area (Å²) in [6, 6.07) is 11.1. The van der Waals surface area contributed by atoms with Crippen LogP contribution in [0.25, 0.3) is 0 Å². The molecule has 0 aliphatic carbocycles. The van der Waals surface area contributed by atoms with E-state index in [2.05, 4.69) is 9.88 Å². The Morgan fingerprint density at radius 3 is 2.70 bits per heavy atom. The van der Waals surface area contributed by atoms with Gasteiger partial charge in [0.05, 0.1) is 5.56 Å². The summed E-state index contributed by atoms with van der Waals surface area (Å²) in [6.07, 6.45) is 2.65. The molecule has 0 saturated heterocycles. The number of anilines is 1. The number of carboxylic acid groups (broad SMARTS) is 1. The zero-order chi connectivity index (χ0) is 14.5. The molecule has 0 amide bonds. The monoisotopic (exact) mass is 270 g/mol. The molecule has 0 aliphatic rings. The van der Waals surface area contributed by atoms with Gasteiger partial charge in [0.1, 0.15) is 0 Å². The molecule has 2 rings (SSSR count). The van der Waals surface area contributed by atoms with Crippen molar-refractivity contribution in [2.24, 2.45) is 0 Å². The van der Waals surface area contributed by atoms with Crippen molar-refractivity contribution in [1.29, 1.82) is 0 Å². The van der Waals surface area contributed by atoms with Crippen LogP contribution in [-0.4, -0.2) is 29.7 Å². The van der Waals surface area contributed by atoms with E-state index in [1.807, 2.05) is 38.2 Å². The predicted octanol–water partition coefficient (Wildman–Crippen LogP) is 2.77. The van der Waals surface area contributed by atoms with Crippen LogP contribution in [-0.2, 0) is 6.42 Å². The van der Waals surface area contributed by atoms with Crippen LogP contribution in [0.15, 0.2) is 42.6 Å². The third-order valence-electron chi connectivity index (χ3n) is 3.28. The first-order valence-corrected chi connectivity index (χ1v) is 6.53. The Morgan fingerprint density at radius 2 is 2.10 bits per heavy atom. The number of pyridine rings is 1. The molecule has 1 aromatic carbocycles. The number of carboxylic acids is 1. The first kappa shape index (κ1) is 14.1. The van der Waals surface area contributed by atoms with Crippen LogP contribution in [0.2, 0.25) is 0 Å². The van der Waals surface area contributed by atoms with Gasteiger partial charge < -0.3 is 10.0 Å². The molecule has 0 radical (unpaired) electrons. The molecular formula is C16H18N2O2. The van der Waals surface area contributed by atoms with E-state index >= 15 is 0 Å². The van der Waals surface area contributed by atoms with E-state index in [0.29, 0.717) is 5.56 Å². The van der Waals surface area contributed by atoms with Gasteiger partial charge in [0.2, 0.25) is 0 Å². The number of carbonyl (C=O) groups is 1. The van der Waals surface area contributed by atoms with Crippen LogP contribution in [0, 0.1) is 6.92 Å². The van der Waals surface area contributed by atoms with Gasteiger partial charge in [0.25, 0.3) is 0 Å². The summed E-state index contributed by atoms with van der Waals surface area (Å²) < 4.78 is 0. The van der Waals surface area contributed by atoms with Gasteiger partial charge in [-0.1, -0.05) is 6.07 Å². The Kier molecular flexibility index (Phi) is 4.35. The summed E-state index contributed by atoms with van der Waals surface area (Å²) in [7, 11) is 2.01. The van der Waals surface area contributed by atoms with E-state index in [-0.39, 0.29) is 0 Å². The van der Waals surface area contributed by atoms with Crippen molar-refractivity contribution >= 4 is 11.7 Å². The highest BCUT2D eigenvalue weighted by molar-refractivity contribution is 5.88. The highest BCUT2D eigenvalue weighted by Crippen LogP contribution is 2.20. The second-order valence-electron chi connectivity index (χ2n) is 4.80. The second kappa shape index (κ2) is 6.19. The minimum atomic E-state index is -0.893. The zero-order valence-electron chi connectivity index (χ0n) is 11.7. The van der Waals surface area contributed by atoms with E-state index in [1.165, 1.54) is 0 Å². The minimum Gasteiger partial charge on any atom is -0.478 e. The molecule has 0 spiro atoms. The lowest BCUT2D eigenvalue weighted by molar-refractivity contribution is 0.0697. The van der Waals surface area contributed by atoms with E-state index in [9.17, 15) is 4.79 Å². The van der Waals surface area contributed by atoms with Gasteiger partial charge >= 0.3 is 5.97 Å². The van der Waals surface area contributed by atoms with Crippen molar-refractivity contribution in [1.82, 2.24) is 4.98 Å². The molecular weight excluding hydrogens is 252 g/mol. The van der Waals surface area contributed by atoms with Gasteiger partial charge in [-0.3, -0.25) is 4.98 Å². The molecule has 4 nitrogen and oxygen atoms in total. The minimum absolute atomic E-state index is 0.323. The predicted molar refractivity (Wildman–Crippen MR) is 79.3 cm³/mol. The largest absolute Gasteiger partial charge is 0.478 e. The van der Waals surface area contributed by atoms with Crippen LogP contribution in [0.3, 0.4) is 0 Å². The van der Waals surface area contributed by atoms with E-state index < -0.39 is 5.97 Å². The molecule has 2 aromatic rings. The van der Waals surface area contributed by atoms with Crippen LogP contribution in [0.1, 0.15) is 21.6 Å². The summed E-state index contributed by atoms with van der Waals surface area (Å²) in [4.78, 5) is 17.3. The fraction of sp³-hybridized carbons (Fsp3) is 0.250. The van der Waals surface area contributed by atoms with Crippen LogP contribution in [0.5, 0.6) is 0 Å². The van der Waals surface area contributed by atoms with Crippen molar-refractivity contribution in [2.75, 3.05) is 18.5 Å². The van der Waals surface area contributed by atoms with Crippen molar-refractivity contribution < 1.29 is 9.90 Å². The molecule has 0 aliphatic heterocycles. The fourth-order valence-corrected chi connectivity index (χ4v) is 2.17. The van der Waals surface area contributed by atoms with Crippen LogP contribution >= 0.6 is 0 Å². The number of rotatable bonds is 5. The number of nitrogens with zero attached hydrogens (tertiary/aromatic N) is 2. The Hall–Kier alpha value is -2.36. The standard InChI is InChI=1S/C16H18N2O2/c1-12-11-13(16(19)20)6-7-15(12)18(2)10-8-14-5-3-4-9-17-14/h3-7,9,11H,8,10H2,1-2H3,(H,19,20). The summed E-state index contributed by atoms with van der Waals surface area (Å²) in [5, 5.41) is 8.97. The van der Waals surface area contributed by atoms with Gasteiger partial charge in [0.15, 0.2) is 0 Å². The molecule has 1 N–H and O–H groups in total. The highest BCUT2D eigenvalue weighted by atomic mass is 16.4. The van der Waals surface area contributed by atoms with Crippen molar-refractivity contribution in [2.45, 2.75) is 13.3 Å². The third kappa shape index (κ3) is 3.35. The average molecular weight is 270 g/mol. The number of hydrogen-bond donors (Lipinski definition) is 1. The van der Waals surface area contributed by atoms with E-state index in [4.69, 9.17) is 5.11 Å². The quantitative estimate of drug-likeness (QED) is 0.907. The first-order chi connectivity index (χ1) is 9.58. The van der Waals surface area contributed by atoms with Crippen molar-refractivity contribution in [3.63, 3.8) is 0 Å². The number of hydrogen-bond acceptors (Lipinski definition) is 3. The summed E-state index contributed by atoms with van der Waals surface area (Å²) in [5.41, 5.74) is 3.39. The lowest BCUT2D eigenvalue weighted by atomic mass is 10.1. The van der Waals surface area contributed by atoms with Crippen molar-refractivity contribution in [3.8, 4) is 0 Å². The molecule has 4 heteroatoms. The first-order valence-electron chi connectivity index (χ1n) is 6.53. The average Bonchev–Trinajstić information content (AvgIpc) is 2.45. The Bertz CT molecular complexity index is 597. The molecule has 0 bridgehead atoms. The van der Waals surface area contributed by atoms with Gasteiger partial charge in [-0.25, -0.2) is 4.79 Å². The van der Waals surface area contributed by atoms with Gasteiger partial charge in [-0.15, -0.1) is 0 Å². The molecule has 104 valence electrons. The van der Waals surface area contributed by atoms with Gasteiger partial charge in [-0.2, -0.15) is 0 Å². The maximum atomic E-state index is 10.9. The van der Waals surface area contributed by atoms with Gasteiger partial charge in [-0.05, 0) is 42.8 Å². The smallest absolute Gasteiger partial charge is 0.335 e. The molecule has 20 heavy (non-hydrogen) atoms. The molecule has 0 saturated carbocycles. The molecule has 0 unspecified atom stereocenters. The Labute approximate surface area is 118 Å². The normalized spacial score (nSPS) is 10.3. The number of benzene rings is 1. The van der Waals surface area contributed by atoms with Crippen LogP contribution < -0.4 is 4.90 Å². The third-order valence-corrected chi connectivity index (χ3v) is 3.28. The Balaban J connectivity index is 2.06. The van der Waals surface area contributed by atoms with Gasteiger partial charge in [0, 0.05) is 37.6 Å². The molecule has 0 atom stereocenters. The lowest BCUT2D eigenvalue weighted by Gasteiger charge is -2.21. The summed E-state index contributed by atoms with van der Waals surface area (Å²) in [5.74, 6) is -0.893. The fourth-order valence-electron chi connectivity index (χ4n) is 2.17. The van der Waals surface area contributed by atoms with E-state index in [0.717, 1.165) is 29.9 Å². The number of likely N-dealkylation sites (N-methyl/N-ethyl adjacent to an activating group) is 1. The summed E-state index contributed by atoms with van der Waals surface area (Å²) in [6.45, 7) is 2.77. The topological polar surface area (TPSA) is 53.4 Å². The maximum absolute atomic E-state index is 10.9. The second-order valence-corrected chi connectivity index (χ2v) is 4.80. The maximum Gasteiger partial charge on any atom is 0.335 e. The number of aromatic carboxylic acids is 1. The van der Waals surface area contributed by atoms with Crippen molar-refractivity contribution in [3.05, 3.63) is 59.4 Å². The lowest BCUT2D eigenvalue weighted by Crippen LogP contribution is -2.21. The number of aromatic nitrogens is 1. The van der Waals surface area contributed by atoms with Crippen LogP contribution in [0.4, 0.5) is 5.69 Å². The highest BCUT2D eigenvalue weighted by Gasteiger charge is 2.09. The SMILES string of the molecule is Cc1cc(C(=O)O)ccc1N(C)CCc1ccccn1. The Morgan fingerprint density at radius 1 is 1.30 bits per heavy atom. The summed E-state index contributed by atoms with van der Waals surface area (Å²) >= 11 is 0. The molecule has 0 fully saturated rings. The molecule has 1 aromatic heterocycles. The van der Waals surface area contributed by atoms with E-state index in [1.54, 1.807) is 18.3 Å². The molecule has 1 heterocycles.